The molecule has 0 fully saturated rings. The summed E-state index contributed by atoms with van der Waals surface area (Å²) in [7, 11) is 1.55. The van der Waals surface area contributed by atoms with Gasteiger partial charge in [0, 0.05) is 5.69 Å². The lowest BCUT2D eigenvalue weighted by Crippen LogP contribution is -2.38. The molecular formula is C11H13ClN2O3. The number of anilines is 1. The number of nitrogens with one attached hydrogen (secondary N) is 2. The fraction of sp³-hybridized carbons (Fsp3) is 0.273. The average molecular weight is 257 g/mol. The van der Waals surface area contributed by atoms with E-state index in [1.54, 1.807) is 31.4 Å². The van der Waals surface area contributed by atoms with E-state index in [9.17, 15) is 9.59 Å². The Labute approximate surface area is 104 Å². The van der Waals surface area contributed by atoms with Gasteiger partial charge in [0.2, 0.25) is 5.91 Å². The van der Waals surface area contributed by atoms with Crippen molar-refractivity contribution < 1.29 is 14.3 Å². The average Bonchev–Trinajstić information content (AvgIpc) is 2.29. The third-order valence-electron chi connectivity index (χ3n) is 1.95. The van der Waals surface area contributed by atoms with Crippen molar-refractivity contribution in [3.63, 3.8) is 0 Å². The zero-order chi connectivity index (χ0) is 12.8. The second kappa shape index (κ2) is 6.10. The Morgan fingerprint density at radius 3 is 2.35 bits per heavy atom. The highest BCUT2D eigenvalue weighted by Gasteiger charge is 2.12. The predicted molar refractivity (Wildman–Crippen MR) is 65.5 cm³/mol. The number of imide groups is 1. The van der Waals surface area contributed by atoms with Crippen molar-refractivity contribution in [2.75, 3.05) is 12.4 Å². The molecule has 1 aromatic rings. The third-order valence-corrected chi connectivity index (χ3v) is 2.14. The van der Waals surface area contributed by atoms with E-state index >= 15 is 0 Å². The van der Waals surface area contributed by atoms with Crippen LogP contribution in [0.3, 0.4) is 0 Å². The quantitative estimate of drug-likeness (QED) is 0.813. The van der Waals surface area contributed by atoms with Crippen molar-refractivity contribution >= 4 is 29.2 Å². The molecule has 0 aliphatic heterocycles. The first-order valence-electron chi connectivity index (χ1n) is 4.93. The normalized spacial score (nSPS) is 11.5. The Bertz CT molecular complexity index is 404. The van der Waals surface area contributed by atoms with Crippen LogP contribution in [-0.4, -0.2) is 24.4 Å². The maximum Gasteiger partial charge on any atom is 0.325 e. The van der Waals surface area contributed by atoms with Crippen LogP contribution < -0.4 is 15.4 Å². The van der Waals surface area contributed by atoms with Gasteiger partial charge in [-0.05, 0) is 31.2 Å². The summed E-state index contributed by atoms with van der Waals surface area (Å²) in [5.41, 5.74) is 0.554. The largest absolute Gasteiger partial charge is 0.497 e. The highest BCUT2D eigenvalue weighted by atomic mass is 35.5. The molecule has 0 aliphatic carbocycles. The van der Waals surface area contributed by atoms with Crippen LogP contribution in [-0.2, 0) is 4.79 Å². The number of urea groups is 1. The van der Waals surface area contributed by atoms with Crippen molar-refractivity contribution in [3.05, 3.63) is 24.3 Å². The van der Waals surface area contributed by atoms with Gasteiger partial charge < -0.3 is 10.1 Å². The summed E-state index contributed by atoms with van der Waals surface area (Å²) in [6.45, 7) is 1.48. The smallest absolute Gasteiger partial charge is 0.325 e. The van der Waals surface area contributed by atoms with E-state index < -0.39 is 17.3 Å². The van der Waals surface area contributed by atoms with Gasteiger partial charge in [0.1, 0.15) is 11.1 Å². The molecule has 3 amide bonds. The van der Waals surface area contributed by atoms with E-state index in [1.807, 2.05) is 0 Å². The predicted octanol–water partition coefficient (Wildman–Crippen LogP) is 1.97. The Morgan fingerprint density at radius 2 is 1.88 bits per heavy atom. The molecule has 0 spiro atoms. The van der Waals surface area contributed by atoms with Crippen LogP contribution in [0.1, 0.15) is 6.92 Å². The minimum absolute atomic E-state index is 0.544. The van der Waals surface area contributed by atoms with E-state index in [0.29, 0.717) is 11.4 Å². The number of halogens is 1. The fourth-order valence-electron chi connectivity index (χ4n) is 1.05. The van der Waals surface area contributed by atoms with Gasteiger partial charge in [0.05, 0.1) is 7.11 Å². The molecule has 92 valence electrons. The van der Waals surface area contributed by atoms with Gasteiger partial charge in [-0.25, -0.2) is 4.79 Å². The molecule has 2 N–H and O–H groups in total. The third kappa shape index (κ3) is 4.32. The van der Waals surface area contributed by atoms with Gasteiger partial charge >= 0.3 is 6.03 Å². The molecule has 1 rings (SSSR count). The minimum Gasteiger partial charge on any atom is -0.497 e. The van der Waals surface area contributed by atoms with Crippen LogP contribution in [0.15, 0.2) is 24.3 Å². The number of alkyl halides is 1. The van der Waals surface area contributed by atoms with Crippen LogP contribution >= 0.6 is 11.6 Å². The van der Waals surface area contributed by atoms with Crippen LogP contribution in [0.5, 0.6) is 5.75 Å². The van der Waals surface area contributed by atoms with Gasteiger partial charge in [0.25, 0.3) is 0 Å². The Hall–Kier alpha value is -1.75. The molecule has 0 saturated heterocycles. The summed E-state index contributed by atoms with van der Waals surface area (Å²) < 4.78 is 4.97. The summed E-state index contributed by atoms with van der Waals surface area (Å²) >= 11 is 5.51. The first kappa shape index (κ1) is 13.3. The van der Waals surface area contributed by atoms with E-state index in [0.717, 1.165) is 0 Å². The SMILES string of the molecule is COc1ccc(NC(=O)NC(=O)C(C)Cl)cc1. The number of hydrogen-bond acceptors (Lipinski definition) is 3. The molecule has 5 nitrogen and oxygen atoms in total. The van der Waals surface area contributed by atoms with Crippen molar-refractivity contribution in [2.45, 2.75) is 12.3 Å². The standard InChI is InChI=1S/C11H13ClN2O3/c1-7(12)10(15)14-11(16)13-8-3-5-9(17-2)6-4-8/h3-7H,1-2H3,(H2,13,14,15,16). The number of benzene rings is 1. The second-order valence-corrected chi connectivity index (χ2v) is 3.94. The molecule has 1 unspecified atom stereocenters. The van der Waals surface area contributed by atoms with Crippen LogP contribution in [0.4, 0.5) is 10.5 Å². The highest BCUT2D eigenvalue weighted by molar-refractivity contribution is 6.31. The van der Waals surface area contributed by atoms with Gasteiger partial charge in [-0.3, -0.25) is 10.1 Å². The van der Waals surface area contributed by atoms with Crippen LogP contribution in [0.2, 0.25) is 0 Å². The highest BCUT2D eigenvalue weighted by Crippen LogP contribution is 2.14. The van der Waals surface area contributed by atoms with E-state index in [2.05, 4.69) is 10.6 Å². The minimum atomic E-state index is -0.753. The number of carbonyl (C=O) groups is 2. The van der Waals surface area contributed by atoms with E-state index in [1.165, 1.54) is 6.92 Å². The van der Waals surface area contributed by atoms with Crippen molar-refractivity contribution in [2.24, 2.45) is 0 Å². The molecule has 0 bridgehead atoms. The Kier molecular flexibility index (Phi) is 4.78. The summed E-state index contributed by atoms with van der Waals surface area (Å²) in [4.78, 5) is 22.5. The van der Waals surface area contributed by atoms with Gasteiger partial charge in [-0.2, -0.15) is 0 Å². The van der Waals surface area contributed by atoms with E-state index in [4.69, 9.17) is 16.3 Å². The Morgan fingerprint density at radius 1 is 1.29 bits per heavy atom. The number of ether oxygens (including phenoxy) is 1. The molecule has 0 aliphatic rings. The first-order chi connectivity index (χ1) is 8.02. The number of rotatable bonds is 3. The molecule has 1 aromatic carbocycles. The zero-order valence-electron chi connectivity index (χ0n) is 9.49. The number of carbonyl (C=O) groups excluding carboxylic acids is 2. The number of amides is 3. The van der Waals surface area contributed by atoms with Crippen molar-refractivity contribution in [1.82, 2.24) is 5.32 Å². The molecule has 0 radical (unpaired) electrons. The van der Waals surface area contributed by atoms with Crippen molar-refractivity contribution in [1.29, 1.82) is 0 Å². The lowest BCUT2D eigenvalue weighted by atomic mass is 10.3. The first-order valence-corrected chi connectivity index (χ1v) is 5.36. The summed E-state index contributed by atoms with van der Waals surface area (Å²) in [6.07, 6.45) is 0. The topological polar surface area (TPSA) is 67.4 Å². The molecular weight excluding hydrogens is 244 g/mol. The molecule has 6 heteroatoms. The summed E-state index contributed by atoms with van der Waals surface area (Å²) in [5.74, 6) is 0.138. The van der Waals surface area contributed by atoms with Crippen molar-refractivity contribution in [3.8, 4) is 5.75 Å². The van der Waals surface area contributed by atoms with Gasteiger partial charge in [-0.1, -0.05) is 0 Å². The maximum absolute atomic E-state index is 11.3. The lowest BCUT2D eigenvalue weighted by Gasteiger charge is -2.08. The second-order valence-electron chi connectivity index (χ2n) is 3.29. The van der Waals surface area contributed by atoms with Crippen LogP contribution in [0.25, 0.3) is 0 Å². The zero-order valence-corrected chi connectivity index (χ0v) is 10.2. The fourth-order valence-corrected chi connectivity index (χ4v) is 1.10. The molecule has 17 heavy (non-hydrogen) atoms. The molecule has 1 atom stereocenters. The monoisotopic (exact) mass is 256 g/mol. The Balaban J connectivity index is 2.53. The van der Waals surface area contributed by atoms with Gasteiger partial charge in [0.15, 0.2) is 0 Å². The molecule has 0 heterocycles. The summed E-state index contributed by atoms with van der Waals surface area (Å²) in [6, 6.07) is 6.09. The van der Waals surface area contributed by atoms with Crippen LogP contribution in [0, 0.1) is 0 Å². The number of methoxy groups -OCH3 is 1. The lowest BCUT2D eigenvalue weighted by molar-refractivity contribution is -0.119. The van der Waals surface area contributed by atoms with E-state index in [-0.39, 0.29) is 0 Å². The molecule has 0 saturated carbocycles. The molecule has 0 aromatic heterocycles. The number of hydrogen-bond donors (Lipinski definition) is 2. The maximum atomic E-state index is 11.3. The summed E-state index contributed by atoms with van der Waals surface area (Å²) in [5, 5.41) is 3.85. The van der Waals surface area contributed by atoms with Gasteiger partial charge in [-0.15, -0.1) is 11.6 Å².